The van der Waals surface area contributed by atoms with E-state index >= 15 is 0 Å². The van der Waals surface area contributed by atoms with Gasteiger partial charge >= 0.3 is 0 Å². The Morgan fingerprint density at radius 1 is 1.05 bits per heavy atom. The summed E-state index contributed by atoms with van der Waals surface area (Å²) >= 11 is 0. The molecule has 2 rings (SSSR count). The largest absolute Gasteiger partial charge is 0.744 e. The second-order valence-corrected chi connectivity index (χ2v) is 6.21. The van der Waals surface area contributed by atoms with Crippen LogP contribution in [-0.4, -0.2) is 33.3 Å². The summed E-state index contributed by atoms with van der Waals surface area (Å²) in [5.41, 5.74) is 5.39. The monoisotopic (exact) mass is 318 g/mol. The number of hydrogen-bond acceptors (Lipinski definition) is 6. The summed E-state index contributed by atoms with van der Waals surface area (Å²) in [6.45, 7) is 0. The predicted molar refractivity (Wildman–Crippen MR) is 86.4 cm³/mol. The van der Waals surface area contributed by atoms with E-state index in [2.05, 4.69) is 10.5 Å². The highest BCUT2D eigenvalue weighted by atomic mass is 32.2. The van der Waals surface area contributed by atoms with E-state index in [4.69, 9.17) is 0 Å². The molecule has 0 aliphatic rings. The molecule has 0 spiro atoms. The first-order valence-corrected chi connectivity index (χ1v) is 7.89. The van der Waals surface area contributed by atoms with Gasteiger partial charge in [-0.3, -0.25) is 5.43 Å². The molecule has 0 aromatic heterocycles. The summed E-state index contributed by atoms with van der Waals surface area (Å²) < 4.78 is 32.4. The fraction of sp³-hybridized carbons (Fsp3) is 0.133. The van der Waals surface area contributed by atoms with Gasteiger partial charge in [0.2, 0.25) is 0 Å². The zero-order chi connectivity index (χ0) is 16.2. The molecule has 116 valence electrons. The fourth-order valence-electron chi connectivity index (χ4n) is 1.74. The lowest BCUT2D eigenvalue weighted by Crippen LogP contribution is -2.08. The first-order valence-electron chi connectivity index (χ1n) is 6.49. The molecule has 0 heterocycles. The van der Waals surface area contributed by atoms with Gasteiger partial charge < -0.3 is 9.45 Å². The van der Waals surface area contributed by atoms with Crippen LogP contribution >= 0.6 is 0 Å². The van der Waals surface area contributed by atoms with Gasteiger partial charge in [0.15, 0.2) is 0 Å². The van der Waals surface area contributed by atoms with Gasteiger partial charge in [0.1, 0.15) is 10.1 Å². The topological polar surface area (TPSA) is 84.8 Å². The molecule has 0 aliphatic heterocycles. The van der Waals surface area contributed by atoms with Crippen molar-refractivity contribution >= 4 is 27.7 Å². The number of rotatable bonds is 5. The van der Waals surface area contributed by atoms with Gasteiger partial charge in [0.05, 0.1) is 16.8 Å². The molecule has 2 aromatic rings. The minimum Gasteiger partial charge on any atom is -0.744 e. The first-order chi connectivity index (χ1) is 10.4. The number of nitrogens with one attached hydrogen (secondary N) is 1. The van der Waals surface area contributed by atoms with E-state index in [0.717, 1.165) is 11.3 Å². The third-order valence-electron chi connectivity index (χ3n) is 2.96. The van der Waals surface area contributed by atoms with E-state index in [-0.39, 0.29) is 4.90 Å². The summed E-state index contributed by atoms with van der Waals surface area (Å²) in [5, 5.41) is 4.06. The van der Waals surface area contributed by atoms with Crippen LogP contribution in [0.2, 0.25) is 0 Å². The zero-order valence-corrected chi connectivity index (χ0v) is 13.0. The van der Waals surface area contributed by atoms with E-state index in [0.29, 0.717) is 5.69 Å². The predicted octanol–water partition coefficient (Wildman–Crippen LogP) is 2.10. The Kier molecular flexibility index (Phi) is 4.79. The minimum atomic E-state index is -4.41. The van der Waals surface area contributed by atoms with Crippen LogP contribution in [0.3, 0.4) is 0 Å². The highest BCUT2D eigenvalue weighted by molar-refractivity contribution is 7.85. The van der Waals surface area contributed by atoms with E-state index in [1.165, 1.54) is 24.3 Å². The number of hydrogen-bond donors (Lipinski definition) is 1. The molecule has 0 atom stereocenters. The molecule has 0 amide bonds. The van der Waals surface area contributed by atoms with Crippen molar-refractivity contribution in [3.05, 3.63) is 54.1 Å². The molecular formula is C15H16N3O3S-. The molecule has 7 heteroatoms. The molecule has 0 fully saturated rings. The maximum atomic E-state index is 10.8. The van der Waals surface area contributed by atoms with Gasteiger partial charge in [-0.1, -0.05) is 12.1 Å². The summed E-state index contributed by atoms with van der Waals surface area (Å²) in [6.07, 6.45) is 1.65. The molecule has 6 nitrogen and oxygen atoms in total. The van der Waals surface area contributed by atoms with E-state index in [1.807, 2.05) is 43.3 Å². The molecule has 1 N–H and O–H groups in total. The van der Waals surface area contributed by atoms with Crippen molar-refractivity contribution < 1.29 is 13.0 Å². The van der Waals surface area contributed by atoms with Gasteiger partial charge in [0.25, 0.3) is 0 Å². The maximum absolute atomic E-state index is 10.8. The van der Waals surface area contributed by atoms with Crippen LogP contribution in [0.1, 0.15) is 5.56 Å². The second-order valence-electron chi connectivity index (χ2n) is 4.83. The van der Waals surface area contributed by atoms with Gasteiger partial charge in [-0.15, -0.1) is 0 Å². The van der Waals surface area contributed by atoms with Crippen LogP contribution in [0.15, 0.2) is 58.5 Å². The van der Waals surface area contributed by atoms with Crippen molar-refractivity contribution in [1.82, 2.24) is 0 Å². The van der Waals surface area contributed by atoms with Crippen molar-refractivity contribution in [3.8, 4) is 0 Å². The molecule has 0 saturated carbocycles. The van der Waals surface area contributed by atoms with Crippen molar-refractivity contribution in [1.29, 1.82) is 0 Å². The van der Waals surface area contributed by atoms with Crippen LogP contribution in [0.4, 0.5) is 11.4 Å². The SMILES string of the molecule is CN(C)c1ccc(/C=N\Nc2ccc(S(=O)(=O)[O-])cc2)cc1. The van der Waals surface area contributed by atoms with Crippen LogP contribution in [0, 0.1) is 0 Å². The maximum Gasteiger partial charge on any atom is 0.124 e. The number of nitrogens with zero attached hydrogens (tertiary/aromatic N) is 2. The third kappa shape index (κ3) is 4.31. The lowest BCUT2D eigenvalue weighted by Gasteiger charge is -2.11. The normalized spacial score (nSPS) is 11.6. The van der Waals surface area contributed by atoms with Gasteiger partial charge in [0, 0.05) is 19.8 Å². The Morgan fingerprint density at radius 3 is 2.14 bits per heavy atom. The Balaban J connectivity index is 2.00. The average molecular weight is 318 g/mol. The molecule has 0 aliphatic carbocycles. The van der Waals surface area contributed by atoms with E-state index < -0.39 is 10.1 Å². The van der Waals surface area contributed by atoms with Crippen molar-refractivity contribution in [2.45, 2.75) is 4.90 Å². The fourth-order valence-corrected chi connectivity index (χ4v) is 2.21. The quantitative estimate of drug-likeness (QED) is 0.518. The Morgan fingerprint density at radius 2 is 1.64 bits per heavy atom. The highest BCUT2D eigenvalue weighted by Crippen LogP contribution is 2.14. The van der Waals surface area contributed by atoms with Crippen LogP contribution in [-0.2, 0) is 10.1 Å². The Hall–Kier alpha value is -2.38. The summed E-state index contributed by atoms with van der Waals surface area (Å²) in [7, 11) is -0.477. The van der Waals surface area contributed by atoms with Crippen LogP contribution in [0.25, 0.3) is 0 Å². The average Bonchev–Trinajstić information content (AvgIpc) is 2.47. The molecule has 0 unspecified atom stereocenters. The van der Waals surface area contributed by atoms with Gasteiger partial charge in [-0.2, -0.15) is 5.10 Å². The molecule has 0 radical (unpaired) electrons. The molecule has 0 bridgehead atoms. The van der Waals surface area contributed by atoms with Gasteiger partial charge in [-0.25, -0.2) is 8.42 Å². The lowest BCUT2D eigenvalue weighted by molar-refractivity contribution is 0.463. The third-order valence-corrected chi connectivity index (χ3v) is 3.81. The lowest BCUT2D eigenvalue weighted by atomic mass is 10.2. The zero-order valence-electron chi connectivity index (χ0n) is 12.2. The number of hydrazone groups is 1. The second kappa shape index (κ2) is 6.59. The summed E-state index contributed by atoms with van der Waals surface area (Å²) in [5.74, 6) is 0. The van der Waals surface area contributed by atoms with E-state index in [9.17, 15) is 13.0 Å². The molecular weight excluding hydrogens is 302 g/mol. The number of anilines is 2. The van der Waals surface area contributed by atoms with Crippen molar-refractivity contribution in [2.75, 3.05) is 24.4 Å². The minimum absolute atomic E-state index is 0.263. The van der Waals surface area contributed by atoms with Crippen LogP contribution in [0.5, 0.6) is 0 Å². The number of benzene rings is 2. The van der Waals surface area contributed by atoms with Crippen molar-refractivity contribution in [3.63, 3.8) is 0 Å². The standard InChI is InChI=1S/C15H17N3O3S/c1-18(2)14-7-3-12(4-8-14)11-16-17-13-5-9-15(10-6-13)22(19,20)21/h3-11,17H,1-2H3,(H,19,20,21)/p-1/b16-11-. The molecule has 22 heavy (non-hydrogen) atoms. The van der Waals surface area contributed by atoms with Crippen molar-refractivity contribution in [2.24, 2.45) is 5.10 Å². The Labute approximate surface area is 129 Å². The summed E-state index contributed by atoms with van der Waals surface area (Å²) in [6, 6.07) is 13.3. The molecule has 0 saturated heterocycles. The first kappa shape index (κ1) is 16.0. The van der Waals surface area contributed by atoms with Gasteiger partial charge in [-0.05, 0) is 42.0 Å². The Bertz CT molecular complexity index is 752. The highest BCUT2D eigenvalue weighted by Gasteiger charge is 2.00. The molecule has 2 aromatic carbocycles. The van der Waals surface area contributed by atoms with Crippen LogP contribution < -0.4 is 10.3 Å². The van der Waals surface area contributed by atoms with E-state index in [1.54, 1.807) is 6.21 Å². The summed E-state index contributed by atoms with van der Waals surface area (Å²) in [4.78, 5) is 1.74. The smallest absolute Gasteiger partial charge is 0.124 e.